The number of hydrogen-bond donors (Lipinski definition) is 1. The van der Waals surface area contributed by atoms with Gasteiger partial charge in [0.2, 0.25) is 5.91 Å². The molecule has 0 spiro atoms. The lowest BCUT2D eigenvalue weighted by atomic mass is 9.89. The summed E-state index contributed by atoms with van der Waals surface area (Å²) in [4.78, 5) is 26.4. The summed E-state index contributed by atoms with van der Waals surface area (Å²) in [6.07, 6.45) is 7.47. The number of piperazine rings is 1. The Hall–Kier alpha value is -2.22. The van der Waals surface area contributed by atoms with E-state index in [-0.39, 0.29) is 0 Å². The van der Waals surface area contributed by atoms with Gasteiger partial charge in [-0.25, -0.2) is 9.97 Å². The number of anilines is 1. The SMILES string of the molecule is Cc1nc(N2CCN(C(=O)CC3CC4CCC(C3)N4)CC2)c2cnn(C)c2n1. The molecule has 1 amide bonds. The first-order chi connectivity index (χ1) is 13.6. The number of aryl methyl sites for hydroxylation is 2. The summed E-state index contributed by atoms with van der Waals surface area (Å²) >= 11 is 0. The van der Waals surface area contributed by atoms with Crippen LogP contribution in [-0.4, -0.2) is 68.8 Å². The molecule has 5 rings (SSSR count). The number of aromatic nitrogens is 4. The molecule has 8 nitrogen and oxygen atoms in total. The molecule has 5 heterocycles. The Kier molecular flexibility index (Phi) is 4.45. The third-order valence-electron chi connectivity index (χ3n) is 6.65. The van der Waals surface area contributed by atoms with Gasteiger partial charge >= 0.3 is 0 Å². The summed E-state index contributed by atoms with van der Waals surface area (Å²) in [6, 6.07) is 1.30. The molecule has 1 N–H and O–H groups in total. The largest absolute Gasteiger partial charge is 0.352 e. The molecule has 2 atom stereocenters. The molecule has 3 aliphatic heterocycles. The van der Waals surface area contributed by atoms with Crippen molar-refractivity contribution in [3.63, 3.8) is 0 Å². The van der Waals surface area contributed by atoms with Crippen LogP contribution in [0.4, 0.5) is 5.82 Å². The first-order valence-corrected chi connectivity index (χ1v) is 10.5. The molecule has 0 radical (unpaired) electrons. The van der Waals surface area contributed by atoms with Crippen molar-refractivity contribution in [2.24, 2.45) is 13.0 Å². The van der Waals surface area contributed by atoms with Crippen LogP contribution in [0.1, 0.15) is 37.9 Å². The van der Waals surface area contributed by atoms with Gasteiger partial charge in [0.25, 0.3) is 0 Å². The molecule has 3 saturated heterocycles. The molecule has 2 unspecified atom stereocenters. The first kappa shape index (κ1) is 17.8. The smallest absolute Gasteiger partial charge is 0.222 e. The number of nitrogens with zero attached hydrogens (tertiary/aromatic N) is 6. The van der Waals surface area contributed by atoms with E-state index in [1.807, 2.05) is 20.2 Å². The summed E-state index contributed by atoms with van der Waals surface area (Å²) in [5.74, 6) is 2.59. The molecular weight excluding hydrogens is 354 g/mol. The number of fused-ring (bicyclic) bond motifs is 3. The molecule has 2 aromatic rings. The van der Waals surface area contributed by atoms with Gasteiger partial charge in [-0.1, -0.05) is 0 Å². The number of piperidine rings is 1. The maximum atomic E-state index is 12.9. The normalized spacial score (nSPS) is 27.6. The number of rotatable bonds is 3. The molecule has 2 aromatic heterocycles. The average molecular weight is 384 g/mol. The maximum Gasteiger partial charge on any atom is 0.222 e. The van der Waals surface area contributed by atoms with Gasteiger partial charge < -0.3 is 15.1 Å². The molecule has 150 valence electrons. The van der Waals surface area contributed by atoms with Gasteiger partial charge in [0.15, 0.2) is 5.65 Å². The fourth-order valence-electron chi connectivity index (χ4n) is 5.24. The highest BCUT2D eigenvalue weighted by Gasteiger charge is 2.35. The number of amides is 1. The van der Waals surface area contributed by atoms with Gasteiger partial charge in [-0.2, -0.15) is 5.10 Å². The van der Waals surface area contributed by atoms with Gasteiger partial charge in [-0.15, -0.1) is 0 Å². The standard InChI is InChI=1S/C20H29N7O/c1-13-22-19-17(12-21-25(19)2)20(23-13)27-7-5-26(6-8-27)18(28)11-14-9-15-3-4-16(10-14)24-15/h12,14-16,24H,3-11H2,1-2H3. The highest BCUT2D eigenvalue weighted by atomic mass is 16.2. The minimum absolute atomic E-state index is 0.330. The van der Waals surface area contributed by atoms with E-state index in [4.69, 9.17) is 0 Å². The summed E-state index contributed by atoms with van der Waals surface area (Å²) in [7, 11) is 1.90. The summed E-state index contributed by atoms with van der Waals surface area (Å²) in [5.41, 5.74) is 0.863. The Balaban J connectivity index is 1.22. The second-order valence-electron chi connectivity index (χ2n) is 8.65. The molecule has 3 aliphatic rings. The van der Waals surface area contributed by atoms with Gasteiger partial charge in [0.1, 0.15) is 11.6 Å². The fraction of sp³-hybridized carbons (Fsp3) is 0.700. The van der Waals surface area contributed by atoms with Crippen LogP contribution in [0.25, 0.3) is 11.0 Å². The Morgan fingerprint density at radius 2 is 1.86 bits per heavy atom. The van der Waals surface area contributed by atoms with Crippen molar-refractivity contribution in [2.45, 2.75) is 51.1 Å². The number of carbonyl (C=O) groups is 1. The van der Waals surface area contributed by atoms with Gasteiger partial charge in [-0.3, -0.25) is 9.48 Å². The van der Waals surface area contributed by atoms with Crippen LogP contribution in [0.2, 0.25) is 0 Å². The second-order valence-corrected chi connectivity index (χ2v) is 8.65. The van der Waals surface area contributed by atoms with Crippen LogP contribution < -0.4 is 10.2 Å². The zero-order valence-corrected chi connectivity index (χ0v) is 16.8. The quantitative estimate of drug-likeness (QED) is 0.859. The van der Waals surface area contributed by atoms with E-state index >= 15 is 0 Å². The first-order valence-electron chi connectivity index (χ1n) is 10.5. The van der Waals surface area contributed by atoms with Crippen molar-refractivity contribution in [1.29, 1.82) is 0 Å². The van der Waals surface area contributed by atoms with Crippen LogP contribution in [0.3, 0.4) is 0 Å². The van der Waals surface area contributed by atoms with Crippen LogP contribution >= 0.6 is 0 Å². The van der Waals surface area contributed by atoms with Crippen molar-refractivity contribution in [3.05, 3.63) is 12.0 Å². The van der Waals surface area contributed by atoms with Crippen molar-refractivity contribution >= 4 is 22.8 Å². The Morgan fingerprint density at radius 1 is 1.14 bits per heavy atom. The highest BCUT2D eigenvalue weighted by Crippen LogP contribution is 2.33. The van der Waals surface area contributed by atoms with E-state index in [0.29, 0.717) is 30.3 Å². The summed E-state index contributed by atoms with van der Waals surface area (Å²) in [5, 5.41) is 8.99. The van der Waals surface area contributed by atoms with Gasteiger partial charge in [0.05, 0.1) is 11.6 Å². The lowest BCUT2D eigenvalue weighted by Gasteiger charge is -2.37. The molecule has 0 aliphatic carbocycles. The van der Waals surface area contributed by atoms with Crippen molar-refractivity contribution in [1.82, 2.24) is 30.0 Å². The Labute approximate surface area is 165 Å². The van der Waals surface area contributed by atoms with E-state index < -0.39 is 0 Å². The van der Waals surface area contributed by atoms with Crippen LogP contribution in [0, 0.1) is 12.8 Å². The predicted octanol–water partition coefficient (Wildman–Crippen LogP) is 1.24. The summed E-state index contributed by atoms with van der Waals surface area (Å²) < 4.78 is 1.79. The van der Waals surface area contributed by atoms with Crippen LogP contribution in [0.5, 0.6) is 0 Å². The monoisotopic (exact) mass is 383 g/mol. The lowest BCUT2D eigenvalue weighted by Crippen LogP contribution is -2.50. The van der Waals surface area contributed by atoms with Crippen molar-refractivity contribution in [3.8, 4) is 0 Å². The Bertz CT molecular complexity index is 874. The van der Waals surface area contributed by atoms with E-state index in [1.165, 1.54) is 25.7 Å². The van der Waals surface area contributed by atoms with Crippen LogP contribution in [0.15, 0.2) is 6.20 Å². The van der Waals surface area contributed by atoms with Crippen molar-refractivity contribution in [2.75, 3.05) is 31.1 Å². The second kappa shape index (κ2) is 6.99. The zero-order chi connectivity index (χ0) is 19.3. The molecule has 0 aromatic carbocycles. The fourth-order valence-corrected chi connectivity index (χ4v) is 5.24. The van der Waals surface area contributed by atoms with E-state index in [2.05, 4.69) is 30.2 Å². The van der Waals surface area contributed by atoms with Crippen molar-refractivity contribution < 1.29 is 4.79 Å². The lowest BCUT2D eigenvalue weighted by molar-refractivity contribution is -0.132. The van der Waals surface area contributed by atoms with Gasteiger partial charge in [0, 0.05) is 51.7 Å². The minimum atomic E-state index is 0.330. The number of nitrogens with one attached hydrogen (secondary N) is 1. The molecule has 8 heteroatoms. The summed E-state index contributed by atoms with van der Waals surface area (Å²) in [6.45, 7) is 5.07. The minimum Gasteiger partial charge on any atom is -0.352 e. The van der Waals surface area contributed by atoms with Gasteiger partial charge in [-0.05, 0) is 38.5 Å². The number of hydrogen-bond acceptors (Lipinski definition) is 6. The van der Waals surface area contributed by atoms with E-state index in [1.54, 1.807) is 4.68 Å². The van der Waals surface area contributed by atoms with E-state index in [0.717, 1.165) is 48.9 Å². The highest BCUT2D eigenvalue weighted by molar-refractivity contribution is 5.87. The average Bonchev–Trinajstić information content (AvgIpc) is 3.23. The number of carbonyl (C=O) groups excluding carboxylic acids is 1. The zero-order valence-electron chi connectivity index (χ0n) is 16.8. The topological polar surface area (TPSA) is 79.2 Å². The third kappa shape index (κ3) is 3.23. The van der Waals surface area contributed by atoms with E-state index in [9.17, 15) is 4.79 Å². The molecular formula is C20H29N7O. The molecule has 0 saturated carbocycles. The predicted molar refractivity (Wildman–Crippen MR) is 107 cm³/mol. The maximum absolute atomic E-state index is 12.9. The molecule has 28 heavy (non-hydrogen) atoms. The molecule has 3 fully saturated rings. The Morgan fingerprint density at radius 3 is 2.57 bits per heavy atom. The van der Waals surface area contributed by atoms with Crippen LogP contribution in [-0.2, 0) is 11.8 Å². The molecule has 2 bridgehead atoms. The third-order valence-corrected chi connectivity index (χ3v) is 6.65.